The number of rotatable bonds is 8. The fourth-order valence-corrected chi connectivity index (χ4v) is 3.48. The maximum atomic E-state index is 12.2. The molecule has 12 nitrogen and oxygen atoms in total. The SMILES string of the molecule is CN(Cc1ccc(NC(=O)OC(C)(C)C)cc1)C(=O)OCC#CC#CCOC(=O)N(C)Cc1ccc(NC(=O)OC(C)(C)C)cc1. The molecule has 2 rings (SSSR count). The molecule has 0 unspecified atom stereocenters. The maximum absolute atomic E-state index is 12.2. The molecule has 0 aliphatic heterocycles. The highest BCUT2D eigenvalue weighted by atomic mass is 16.6. The van der Waals surface area contributed by atoms with E-state index in [1.807, 2.05) is 0 Å². The zero-order valence-corrected chi connectivity index (χ0v) is 27.6. The summed E-state index contributed by atoms with van der Waals surface area (Å²) in [5, 5.41) is 5.30. The number of amides is 4. The Balaban J connectivity index is 1.67. The van der Waals surface area contributed by atoms with Crippen LogP contribution in [0.25, 0.3) is 0 Å². The van der Waals surface area contributed by atoms with E-state index in [4.69, 9.17) is 18.9 Å². The Labute approximate surface area is 270 Å². The number of ether oxygens (including phenoxy) is 4. The van der Waals surface area contributed by atoms with Crippen LogP contribution < -0.4 is 10.6 Å². The summed E-state index contributed by atoms with van der Waals surface area (Å²) in [6.07, 6.45) is -2.23. The fourth-order valence-electron chi connectivity index (χ4n) is 3.48. The summed E-state index contributed by atoms with van der Waals surface area (Å²) in [6, 6.07) is 14.0. The van der Waals surface area contributed by atoms with Gasteiger partial charge in [0.1, 0.15) is 11.2 Å². The predicted octanol–water partition coefficient (Wildman–Crippen LogP) is 6.22. The Morgan fingerprint density at radius 3 is 1.24 bits per heavy atom. The Morgan fingerprint density at radius 2 is 0.935 bits per heavy atom. The van der Waals surface area contributed by atoms with Crippen LogP contribution in [0.15, 0.2) is 48.5 Å². The van der Waals surface area contributed by atoms with Gasteiger partial charge in [0, 0.05) is 38.6 Å². The van der Waals surface area contributed by atoms with Crippen molar-refractivity contribution in [2.24, 2.45) is 0 Å². The average molecular weight is 635 g/mol. The second-order valence-electron chi connectivity index (χ2n) is 12.1. The van der Waals surface area contributed by atoms with E-state index in [1.165, 1.54) is 9.80 Å². The number of hydrogen-bond donors (Lipinski definition) is 2. The predicted molar refractivity (Wildman–Crippen MR) is 174 cm³/mol. The molecule has 0 bridgehead atoms. The van der Waals surface area contributed by atoms with Crippen molar-refractivity contribution in [2.75, 3.05) is 37.9 Å². The summed E-state index contributed by atoms with van der Waals surface area (Å²) in [4.78, 5) is 51.0. The molecule has 0 aromatic heterocycles. The van der Waals surface area contributed by atoms with Crippen LogP contribution in [-0.2, 0) is 32.0 Å². The summed E-state index contributed by atoms with van der Waals surface area (Å²) in [6.45, 7) is 10.9. The van der Waals surface area contributed by atoms with E-state index in [9.17, 15) is 19.2 Å². The molecule has 0 fully saturated rings. The van der Waals surface area contributed by atoms with Gasteiger partial charge in [0.25, 0.3) is 0 Å². The summed E-state index contributed by atoms with van der Waals surface area (Å²) in [5.41, 5.74) is 1.60. The third-order valence-corrected chi connectivity index (χ3v) is 5.44. The molecule has 0 spiro atoms. The zero-order valence-electron chi connectivity index (χ0n) is 27.6. The smallest absolute Gasteiger partial charge is 0.412 e. The monoisotopic (exact) mass is 634 g/mol. The molecule has 0 aliphatic rings. The molecular formula is C34H42N4O8. The Kier molecular flexibility index (Phi) is 13.8. The Morgan fingerprint density at radius 1 is 0.609 bits per heavy atom. The molecule has 2 N–H and O–H groups in total. The van der Waals surface area contributed by atoms with E-state index in [0.717, 1.165) is 11.1 Å². The topological polar surface area (TPSA) is 136 Å². The molecule has 0 radical (unpaired) electrons. The van der Waals surface area contributed by atoms with Gasteiger partial charge in [0.15, 0.2) is 13.2 Å². The van der Waals surface area contributed by atoms with E-state index in [-0.39, 0.29) is 26.3 Å². The van der Waals surface area contributed by atoms with Crippen LogP contribution >= 0.6 is 0 Å². The third kappa shape index (κ3) is 15.4. The Hall–Kier alpha value is -5.36. The van der Waals surface area contributed by atoms with Crippen molar-refractivity contribution in [3.63, 3.8) is 0 Å². The van der Waals surface area contributed by atoms with Crippen molar-refractivity contribution in [1.29, 1.82) is 0 Å². The number of anilines is 2. The summed E-state index contributed by atoms with van der Waals surface area (Å²) in [5.74, 6) is 10.3. The highest BCUT2D eigenvalue weighted by Gasteiger charge is 2.17. The van der Waals surface area contributed by atoms with Crippen LogP contribution in [0, 0.1) is 23.7 Å². The van der Waals surface area contributed by atoms with Crippen LogP contribution in [0.2, 0.25) is 0 Å². The maximum Gasteiger partial charge on any atom is 0.412 e. The third-order valence-electron chi connectivity index (χ3n) is 5.44. The lowest BCUT2D eigenvalue weighted by Gasteiger charge is -2.20. The van der Waals surface area contributed by atoms with Crippen molar-refractivity contribution in [2.45, 2.75) is 65.8 Å². The van der Waals surface area contributed by atoms with Crippen molar-refractivity contribution in [3.8, 4) is 23.7 Å². The van der Waals surface area contributed by atoms with Crippen molar-refractivity contribution in [3.05, 3.63) is 59.7 Å². The summed E-state index contributed by atoms with van der Waals surface area (Å²) < 4.78 is 20.7. The largest absolute Gasteiger partial charge is 0.444 e. The summed E-state index contributed by atoms with van der Waals surface area (Å²) in [7, 11) is 3.18. The minimum absolute atomic E-state index is 0.161. The minimum Gasteiger partial charge on any atom is -0.444 e. The molecule has 0 aliphatic carbocycles. The lowest BCUT2D eigenvalue weighted by Crippen LogP contribution is -2.27. The molecule has 4 amide bonds. The molecule has 2 aromatic rings. The van der Waals surface area contributed by atoms with Crippen LogP contribution in [0.1, 0.15) is 52.7 Å². The van der Waals surface area contributed by atoms with Gasteiger partial charge in [0.05, 0.1) is 0 Å². The molecule has 0 atom stereocenters. The molecule has 0 saturated heterocycles. The standard InChI is InChI=1S/C34H42N4O8/c1-33(2,3)45-29(39)35-27-17-13-25(14-18-27)23-37(7)31(41)43-21-11-9-10-12-22-44-32(42)38(8)24-26-15-19-28(20-16-26)36-30(40)46-34(4,5)6/h13-20H,21-24H2,1-8H3,(H,35,39)(H,36,40). The number of benzene rings is 2. The molecule has 246 valence electrons. The normalized spacial score (nSPS) is 10.5. The van der Waals surface area contributed by atoms with Crippen LogP contribution in [0.5, 0.6) is 0 Å². The van der Waals surface area contributed by atoms with E-state index in [0.29, 0.717) is 11.4 Å². The van der Waals surface area contributed by atoms with E-state index in [2.05, 4.69) is 34.3 Å². The average Bonchev–Trinajstić information content (AvgIpc) is 2.94. The molecule has 0 heterocycles. The molecule has 46 heavy (non-hydrogen) atoms. The van der Waals surface area contributed by atoms with Gasteiger partial charge >= 0.3 is 24.4 Å². The minimum atomic E-state index is -0.598. The second-order valence-corrected chi connectivity index (χ2v) is 12.1. The van der Waals surface area contributed by atoms with Gasteiger partial charge in [0.2, 0.25) is 0 Å². The number of carbonyl (C=O) groups excluding carboxylic acids is 4. The fraction of sp³-hybridized carbons (Fsp3) is 0.412. The first-order valence-electron chi connectivity index (χ1n) is 14.4. The van der Waals surface area contributed by atoms with Gasteiger partial charge < -0.3 is 28.7 Å². The lowest BCUT2D eigenvalue weighted by molar-refractivity contribution is 0.0624. The van der Waals surface area contributed by atoms with Crippen LogP contribution in [0.4, 0.5) is 30.6 Å². The summed E-state index contributed by atoms with van der Waals surface area (Å²) >= 11 is 0. The molecule has 0 saturated carbocycles. The number of hydrogen-bond acceptors (Lipinski definition) is 8. The number of nitrogens with zero attached hydrogens (tertiary/aromatic N) is 2. The molecular weight excluding hydrogens is 592 g/mol. The van der Waals surface area contributed by atoms with Crippen LogP contribution in [0.3, 0.4) is 0 Å². The van der Waals surface area contributed by atoms with Crippen molar-refractivity contribution in [1.82, 2.24) is 9.80 Å². The van der Waals surface area contributed by atoms with Gasteiger partial charge in [-0.25, -0.2) is 19.2 Å². The van der Waals surface area contributed by atoms with Gasteiger partial charge in [-0.05, 0) is 101 Å². The van der Waals surface area contributed by atoms with Gasteiger partial charge in [-0.1, -0.05) is 24.3 Å². The van der Waals surface area contributed by atoms with Gasteiger partial charge in [-0.2, -0.15) is 0 Å². The number of carbonyl (C=O) groups is 4. The lowest BCUT2D eigenvalue weighted by atomic mass is 10.2. The first-order chi connectivity index (χ1) is 21.5. The van der Waals surface area contributed by atoms with Crippen molar-refractivity contribution < 1.29 is 38.1 Å². The first kappa shape index (κ1) is 36.8. The van der Waals surface area contributed by atoms with E-state index >= 15 is 0 Å². The zero-order chi connectivity index (χ0) is 34.3. The van der Waals surface area contributed by atoms with Gasteiger partial charge in [-0.15, -0.1) is 0 Å². The number of nitrogens with one attached hydrogen (secondary N) is 2. The highest BCUT2D eigenvalue weighted by Crippen LogP contribution is 2.15. The van der Waals surface area contributed by atoms with E-state index < -0.39 is 35.6 Å². The van der Waals surface area contributed by atoms with Crippen molar-refractivity contribution >= 4 is 35.7 Å². The Bertz CT molecular complexity index is 1350. The van der Waals surface area contributed by atoms with E-state index in [1.54, 1.807) is 104 Å². The molecule has 12 heteroatoms. The quantitative estimate of drug-likeness (QED) is 0.258. The first-order valence-corrected chi connectivity index (χ1v) is 14.4. The van der Waals surface area contributed by atoms with Gasteiger partial charge in [-0.3, -0.25) is 10.6 Å². The van der Waals surface area contributed by atoms with Crippen LogP contribution in [-0.4, -0.2) is 72.7 Å². The molecule has 2 aromatic carbocycles. The second kappa shape index (κ2) is 17.2. The highest BCUT2D eigenvalue weighted by molar-refractivity contribution is 5.85.